The van der Waals surface area contributed by atoms with Crippen LogP contribution < -0.4 is 10.6 Å². The SMILES string of the molecule is CS[C@@H]1CCC[C@@H]1NC(=O)NC[C@H]1CCO[C@H]1C(C)C. The highest BCUT2D eigenvalue weighted by Crippen LogP contribution is 2.28. The molecule has 1 saturated carbocycles. The van der Waals surface area contributed by atoms with Crippen LogP contribution in [0, 0.1) is 11.8 Å². The number of urea groups is 1. The zero-order valence-corrected chi connectivity index (χ0v) is 13.7. The predicted molar refractivity (Wildman–Crippen MR) is 84.2 cm³/mol. The van der Waals surface area contributed by atoms with Gasteiger partial charge in [0.15, 0.2) is 0 Å². The van der Waals surface area contributed by atoms with Crippen molar-refractivity contribution in [3.05, 3.63) is 0 Å². The average molecular weight is 300 g/mol. The van der Waals surface area contributed by atoms with Gasteiger partial charge in [0.25, 0.3) is 0 Å². The molecular formula is C15H28N2O2S. The molecule has 5 heteroatoms. The molecule has 0 aromatic heterocycles. The lowest BCUT2D eigenvalue weighted by Crippen LogP contribution is -2.46. The Labute approximate surface area is 126 Å². The maximum absolute atomic E-state index is 12.0. The van der Waals surface area contributed by atoms with Gasteiger partial charge in [-0.2, -0.15) is 11.8 Å². The second-order valence-corrected chi connectivity index (χ2v) is 7.37. The Bertz CT molecular complexity index is 325. The van der Waals surface area contributed by atoms with Gasteiger partial charge in [0.2, 0.25) is 0 Å². The second kappa shape index (κ2) is 7.55. The van der Waals surface area contributed by atoms with Gasteiger partial charge >= 0.3 is 6.03 Å². The maximum atomic E-state index is 12.0. The lowest BCUT2D eigenvalue weighted by molar-refractivity contribution is 0.0545. The van der Waals surface area contributed by atoms with E-state index < -0.39 is 0 Å². The largest absolute Gasteiger partial charge is 0.378 e. The first kappa shape index (κ1) is 16.0. The molecule has 4 nitrogen and oxygen atoms in total. The molecule has 1 heterocycles. The summed E-state index contributed by atoms with van der Waals surface area (Å²) in [6.07, 6.45) is 7.03. The van der Waals surface area contributed by atoms with E-state index in [0.717, 1.165) is 26.0 Å². The molecule has 0 radical (unpaired) electrons. The van der Waals surface area contributed by atoms with Crippen LogP contribution in [0.4, 0.5) is 4.79 Å². The van der Waals surface area contributed by atoms with Crippen LogP contribution >= 0.6 is 11.8 Å². The molecule has 2 N–H and O–H groups in total. The Morgan fingerprint density at radius 3 is 2.85 bits per heavy atom. The number of amides is 2. The van der Waals surface area contributed by atoms with E-state index in [4.69, 9.17) is 4.74 Å². The van der Waals surface area contributed by atoms with Crippen molar-refractivity contribution in [3.63, 3.8) is 0 Å². The van der Waals surface area contributed by atoms with Gasteiger partial charge < -0.3 is 15.4 Å². The van der Waals surface area contributed by atoms with Crippen LogP contribution in [0.1, 0.15) is 39.5 Å². The number of carbonyl (C=O) groups is 1. The first-order valence-electron chi connectivity index (χ1n) is 7.80. The molecule has 1 aliphatic carbocycles. The van der Waals surface area contributed by atoms with E-state index in [-0.39, 0.29) is 6.03 Å². The van der Waals surface area contributed by atoms with Crippen molar-refractivity contribution in [1.29, 1.82) is 0 Å². The quantitative estimate of drug-likeness (QED) is 0.820. The van der Waals surface area contributed by atoms with Crippen molar-refractivity contribution >= 4 is 17.8 Å². The van der Waals surface area contributed by atoms with E-state index >= 15 is 0 Å². The third kappa shape index (κ3) is 4.04. The Balaban J connectivity index is 1.72. The number of nitrogens with one attached hydrogen (secondary N) is 2. The smallest absolute Gasteiger partial charge is 0.315 e. The van der Waals surface area contributed by atoms with Gasteiger partial charge in [0.1, 0.15) is 0 Å². The molecule has 2 amide bonds. The van der Waals surface area contributed by atoms with Gasteiger partial charge in [0, 0.05) is 30.4 Å². The maximum Gasteiger partial charge on any atom is 0.315 e. The summed E-state index contributed by atoms with van der Waals surface area (Å²) in [6.45, 7) is 5.93. The van der Waals surface area contributed by atoms with Gasteiger partial charge in [-0.3, -0.25) is 0 Å². The van der Waals surface area contributed by atoms with E-state index in [9.17, 15) is 4.79 Å². The van der Waals surface area contributed by atoms with Gasteiger partial charge in [-0.1, -0.05) is 20.3 Å². The summed E-state index contributed by atoms with van der Waals surface area (Å²) in [5, 5.41) is 6.76. The first-order valence-corrected chi connectivity index (χ1v) is 9.09. The topological polar surface area (TPSA) is 50.4 Å². The molecule has 0 spiro atoms. The van der Waals surface area contributed by atoms with Crippen molar-refractivity contribution in [3.8, 4) is 0 Å². The molecule has 0 aromatic carbocycles. The number of ether oxygens (including phenoxy) is 1. The minimum absolute atomic E-state index is 0.00893. The summed E-state index contributed by atoms with van der Waals surface area (Å²) >= 11 is 1.87. The summed E-state index contributed by atoms with van der Waals surface area (Å²) in [5.74, 6) is 0.976. The van der Waals surface area contributed by atoms with E-state index in [2.05, 4.69) is 30.7 Å². The first-order chi connectivity index (χ1) is 9.61. The van der Waals surface area contributed by atoms with E-state index in [1.807, 2.05) is 11.8 Å². The molecule has 4 atom stereocenters. The number of hydrogen-bond acceptors (Lipinski definition) is 3. The third-order valence-electron chi connectivity index (χ3n) is 4.52. The highest BCUT2D eigenvalue weighted by Gasteiger charge is 2.31. The van der Waals surface area contributed by atoms with Gasteiger partial charge in [-0.25, -0.2) is 4.79 Å². The number of carbonyl (C=O) groups excluding carboxylic acids is 1. The Morgan fingerprint density at radius 1 is 1.35 bits per heavy atom. The fourth-order valence-corrected chi connectivity index (χ4v) is 4.36. The minimum atomic E-state index is -0.00893. The van der Waals surface area contributed by atoms with Crippen LogP contribution in [0.5, 0.6) is 0 Å². The van der Waals surface area contributed by atoms with E-state index in [0.29, 0.717) is 29.2 Å². The van der Waals surface area contributed by atoms with Gasteiger partial charge in [0.05, 0.1) is 6.10 Å². The monoisotopic (exact) mass is 300 g/mol. The highest BCUT2D eigenvalue weighted by molar-refractivity contribution is 7.99. The number of thioether (sulfide) groups is 1. The molecule has 0 aromatic rings. The Kier molecular flexibility index (Phi) is 6.02. The van der Waals surface area contributed by atoms with Crippen LogP contribution in [0.3, 0.4) is 0 Å². The van der Waals surface area contributed by atoms with Crippen molar-refractivity contribution in [2.24, 2.45) is 11.8 Å². The zero-order valence-electron chi connectivity index (χ0n) is 12.9. The minimum Gasteiger partial charge on any atom is -0.378 e. The third-order valence-corrected chi connectivity index (χ3v) is 5.69. The van der Waals surface area contributed by atoms with Crippen LogP contribution in [0.2, 0.25) is 0 Å². The van der Waals surface area contributed by atoms with Gasteiger partial charge in [-0.15, -0.1) is 0 Å². The normalized spacial score (nSPS) is 33.6. The standard InChI is InChI=1S/C15H28N2O2S/c1-10(2)14-11(7-8-19-14)9-16-15(18)17-12-5-4-6-13(12)20-3/h10-14H,4-9H2,1-3H3,(H2,16,17,18)/t11-,12+,13-,14+/m1/s1. The molecule has 2 rings (SSSR count). The molecule has 0 unspecified atom stereocenters. The average Bonchev–Trinajstić information content (AvgIpc) is 3.04. The van der Waals surface area contributed by atoms with Crippen molar-refractivity contribution in [2.75, 3.05) is 19.4 Å². The summed E-state index contributed by atoms with van der Waals surface area (Å²) < 4.78 is 5.75. The van der Waals surface area contributed by atoms with Crippen LogP contribution in [0.25, 0.3) is 0 Å². The summed E-state index contributed by atoms with van der Waals surface area (Å²) in [4.78, 5) is 12.0. The van der Waals surface area contributed by atoms with Crippen LogP contribution in [0.15, 0.2) is 0 Å². The lowest BCUT2D eigenvalue weighted by Gasteiger charge is -2.23. The Hall–Kier alpha value is -0.420. The highest BCUT2D eigenvalue weighted by atomic mass is 32.2. The van der Waals surface area contributed by atoms with E-state index in [1.165, 1.54) is 12.8 Å². The molecule has 116 valence electrons. The molecule has 2 aliphatic rings. The Morgan fingerprint density at radius 2 is 2.15 bits per heavy atom. The molecular weight excluding hydrogens is 272 g/mol. The molecule has 20 heavy (non-hydrogen) atoms. The predicted octanol–water partition coefficient (Wildman–Crippen LogP) is 2.63. The summed E-state index contributed by atoms with van der Waals surface area (Å²) in [6, 6.07) is 0.330. The molecule has 1 saturated heterocycles. The van der Waals surface area contributed by atoms with E-state index in [1.54, 1.807) is 0 Å². The van der Waals surface area contributed by atoms with Crippen molar-refractivity contribution in [1.82, 2.24) is 10.6 Å². The van der Waals surface area contributed by atoms with Gasteiger partial charge in [-0.05, 0) is 31.4 Å². The summed E-state index contributed by atoms with van der Waals surface area (Å²) in [7, 11) is 0. The van der Waals surface area contributed by atoms with Crippen LogP contribution in [-0.2, 0) is 4.74 Å². The van der Waals surface area contributed by atoms with Crippen molar-refractivity contribution in [2.45, 2.75) is 56.9 Å². The van der Waals surface area contributed by atoms with Crippen molar-refractivity contribution < 1.29 is 9.53 Å². The lowest BCUT2D eigenvalue weighted by atomic mass is 9.93. The zero-order chi connectivity index (χ0) is 14.5. The number of rotatable bonds is 5. The molecule has 2 fully saturated rings. The molecule has 1 aliphatic heterocycles. The fraction of sp³-hybridized carbons (Fsp3) is 0.933. The summed E-state index contributed by atoms with van der Waals surface area (Å²) in [5.41, 5.74) is 0. The van der Waals surface area contributed by atoms with Crippen LogP contribution in [-0.4, -0.2) is 42.8 Å². The number of hydrogen-bond donors (Lipinski definition) is 2. The second-order valence-electron chi connectivity index (χ2n) is 6.29. The molecule has 0 bridgehead atoms. The fourth-order valence-electron chi connectivity index (χ4n) is 3.43.